The summed E-state index contributed by atoms with van der Waals surface area (Å²) >= 11 is 6.55. The predicted molar refractivity (Wildman–Crippen MR) is 72.5 cm³/mol. The van der Waals surface area contributed by atoms with Gasteiger partial charge in [-0.2, -0.15) is 0 Å². The zero-order valence-corrected chi connectivity index (χ0v) is 11.4. The number of rotatable bonds is 2. The van der Waals surface area contributed by atoms with Crippen LogP contribution in [0.2, 0.25) is 0 Å². The van der Waals surface area contributed by atoms with Crippen LogP contribution in [0, 0.1) is 5.92 Å². The fourth-order valence-corrected chi connectivity index (χ4v) is 3.78. The van der Waals surface area contributed by atoms with E-state index in [-0.39, 0.29) is 11.9 Å². The summed E-state index contributed by atoms with van der Waals surface area (Å²) in [4.78, 5) is 13.9. The van der Waals surface area contributed by atoms with Crippen LogP contribution in [0.1, 0.15) is 37.8 Å². The summed E-state index contributed by atoms with van der Waals surface area (Å²) in [6.45, 7) is 2.91. The van der Waals surface area contributed by atoms with Crippen molar-refractivity contribution < 1.29 is 4.79 Å². The van der Waals surface area contributed by atoms with Gasteiger partial charge in [0.15, 0.2) is 0 Å². The monoisotopic (exact) mass is 263 g/mol. The minimum atomic E-state index is -0.594. The maximum Gasteiger partial charge on any atom is 0.244 e. The van der Waals surface area contributed by atoms with Gasteiger partial charge < -0.3 is 4.90 Å². The molecule has 0 bridgehead atoms. The van der Waals surface area contributed by atoms with Gasteiger partial charge in [-0.3, -0.25) is 4.79 Å². The van der Waals surface area contributed by atoms with Gasteiger partial charge in [0.1, 0.15) is 4.87 Å². The summed E-state index contributed by atoms with van der Waals surface area (Å²) in [6, 6.07) is 10.3. The third-order valence-electron chi connectivity index (χ3n) is 4.52. The van der Waals surface area contributed by atoms with Crippen molar-refractivity contribution in [3.8, 4) is 0 Å². The molecule has 1 saturated carbocycles. The molecule has 1 aliphatic carbocycles. The van der Waals surface area contributed by atoms with Gasteiger partial charge in [-0.15, -0.1) is 11.6 Å². The van der Waals surface area contributed by atoms with Crippen LogP contribution in [0.25, 0.3) is 0 Å². The van der Waals surface area contributed by atoms with E-state index in [1.54, 1.807) is 0 Å². The number of hydrogen-bond acceptors (Lipinski definition) is 1. The first-order chi connectivity index (χ1) is 8.63. The summed E-state index contributed by atoms with van der Waals surface area (Å²) in [6.07, 6.45) is 3.02. The summed E-state index contributed by atoms with van der Waals surface area (Å²) in [5.74, 6) is 0.487. The van der Waals surface area contributed by atoms with E-state index in [4.69, 9.17) is 11.6 Å². The average Bonchev–Trinajstić information content (AvgIpc) is 2.87. The number of amides is 1. The maximum absolute atomic E-state index is 12.5. The van der Waals surface area contributed by atoms with Crippen LogP contribution >= 0.6 is 11.6 Å². The molecular formula is C15H18ClNO. The molecule has 18 heavy (non-hydrogen) atoms. The summed E-state index contributed by atoms with van der Waals surface area (Å²) in [7, 11) is 0. The standard InChI is InChI=1S/C15H18ClNO/c1-11(12-6-3-2-4-7-12)17-10-13-8-5-9-15(13,16)14(17)18/h2-4,6-7,11,13H,5,8-10H2,1H3/t11?,13?,15-/m1/s1. The molecule has 3 atom stereocenters. The number of carbonyl (C=O) groups excluding carboxylic acids is 1. The Morgan fingerprint density at radius 3 is 2.78 bits per heavy atom. The van der Waals surface area contributed by atoms with E-state index >= 15 is 0 Å². The predicted octanol–water partition coefficient (Wildman–Crippen LogP) is 3.37. The van der Waals surface area contributed by atoms with E-state index in [1.165, 1.54) is 5.56 Å². The van der Waals surface area contributed by atoms with E-state index in [0.29, 0.717) is 5.92 Å². The number of alkyl halides is 1. The molecule has 0 aromatic heterocycles. The van der Waals surface area contributed by atoms with Gasteiger partial charge in [0.25, 0.3) is 0 Å². The highest BCUT2D eigenvalue weighted by Gasteiger charge is 2.56. The van der Waals surface area contributed by atoms with Crippen LogP contribution in [0.4, 0.5) is 0 Å². The Labute approximate surface area is 113 Å². The van der Waals surface area contributed by atoms with Crippen molar-refractivity contribution in [2.24, 2.45) is 5.92 Å². The molecule has 2 unspecified atom stereocenters. The quantitative estimate of drug-likeness (QED) is 0.749. The van der Waals surface area contributed by atoms with Crippen molar-refractivity contribution in [2.45, 2.75) is 37.1 Å². The van der Waals surface area contributed by atoms with Crippen molar-refractivity contribution in [3.05, 3.63) is 35.9 Å². The van der Waals surface area contributed by atoms with Gasteiger partial charge in [-0.25, -0.2) is 0 Å². The Bertz CT molecular complexity index is 461. The van der Waals surface area contributed by atoms with E-state index in [9.17, 15) is 4.79 Å². The van der Waals surface area contributed by atoms with Gasteiger partial charge in [0, 0.05) is 12.5 Å². The molecule has 1 heterocycles. The molecule has 3 heteroatoms. The molecule has 96 valence electrons. The smallest absolute Gasteiger partial charge is 0.244 e. The molecule has 0 N–H and O–H groups in total. The molecule has 0 radical (unpaired) electrons. The van der Waals surface area contributed by atoms with Crippen molar-refractivity contribution in [3.63, 3.8) is 0 Å². The molecule has 0 spiro atoms. The zero-order valence-electron chi connectivity index (χ0n) is 10.6. The first-order valence-electron chi connectivity index (χ1n) is 6.68. The molecule has 1 aromatic carbocycles. The first kappa shape index (κ1) is 12.0. The Morgan fingerprint density at radius 2 is 2.11 bits per heavy atom. The summed E-state index contributed by atoms with van der Waals surface area (Å²) < 4.78 is 0. The average molecular weight is 264 g/mol. The van der Waals surface area contributed by atoms with Crippen molar-refractivity contribution in [2.75, 3.05) is 6.54 Å². The highest BCUT2D eigenvalue weighted by molar-refractivity contribution is 6.36. The van der Waals surface area contributed by atoms with Crippen LogP contribution in [-0.4, -0.2) is 22.2 Å². The lowest BCUT2D eigenvalue weighted by Gasteiger charge is -2.26. The number of hydrogen-bond donors (Lipinski definition) is 0. The molecule has 3 rings (SSSR count). The second-order valence-corrected chi connectivity index (χ2v) is 6.17. The van der Waals surface area contributed by atoms with Crippen LogP contribution in [0.15, 0.2) is 30.3 Å². The second-order valence-electron chi connectivity index (χ2n) is 5.50. The van der Waals surface area contributed by atoms with Crippen LogP contribution in [-0.2, 0) is 4.79 Å². The molecule has 1 saturated heterocycles. The number of carbonyl (C=O) groups is 1. The van der Waals surface area contributed by atoms with Gasteiger partial charge in [0.05, 0.1) is 6.04 Å². The van der Waals surface area contributed by atoms with Crippen molar-refractivity contribution >= 4 is 17.5 Å². The molecule has 1 amide bonds. The molecule has 1 aromatic rings. The van der Waals surface area contributed by atoms with Gasteiger partial charge in [0.2, 0.25) is 5.91 Å². The number of likely N-dealkylation sites (tertiary alicyclic amines) is 1. The Balaban J connectivity index is 1.85. The SMILES string of the molecule is CC(c1ccccc1)N1CC2CCC[C@]2(Cl)C1=O. The lowest BCUT2D eigenvalue weighted by molar-refractivity contribution is -0.131. The molecule has 1 aliphatic heterocycles. The minimum Gasteiger partial charge on any atom is -0.334 e. The molecular weight excluding hydrogens is 246 g/mol. The first-order valence-corrected chi connectivity index (χ1v) is 7.05. The Kier molecular flexibility index (Phi) is 2.86. The zero-order chi connectivity index (χ0) is 12.8. The Hall–Kier alpha value is -1.02. The number of benzene rings is 1. The highest BCUT2D eigenvalue weighted by Crippen LogP contribution is 2.49. The summed E-state index contributed by atoms with van der Waals surface area (Å²) in [5, 5.41) is 0. The third kappa shape index (κ3) is 1.66. The largest absolute Gasteiger partial charge is 0.334 e. The number of fused-ring (bicyclic) bond motifs is 1. The third-order valence-corrected chi connectivity index (χ3v) is 5.18. The fraction of sp³-hybridized carbons (Fsp3) is 0.533. The number of halogens is 1. The van der Waals surface area contributed by atoms with E-state index in [2.05, 4.69) is 19.1 Å². The maximum atomic E-state index is 12.5. The topological polar surface area (TPSA) is 20.3 Å². The summed E-state index contributed by atoms with van der Waals surface area (Å²) in [5.41, 5.74) is 1.19. The van der Waals surface area contributed by atoms with Crippen molar-refractivity contribution in [1.82, 2.24) is 4.90 Å². The van der Waals surface area contributed by atoms with E-state index < -0.39 is 4.87 Å². The Morgan fingerprint density at radius 1 is 1.39 bits per heavy atom. The molecule has 2 aliphatic rings. The van der Waals surface area contributed by atoms with Gasteiger partial charge in [-0.1, -0.05) is 36.8 Å². The fourth-order valence-electron chi connectivity index (χ4n) is 3.36. The lowest BCUT2D eigenvalue weighted by atomic mass is 9.99. The van der Waals surface area contributed by atoms with Gasteiger partial charge in [-0.05, 0) is 25.3 Å². The van der Waals surface area contributed by atoms with E-state index in [0.717, 1.165) is 25.8 Å². The van der Waals surface area contributed by atoms with Crippen LogP contribution < -0.4 is 0 Å². The van der Waals surface area contributed by atoms with E-state index in [1.807, 2.05) is 23.1 Å². The molecule has 2 nitrogen and oxygen atoms in total. The second kappa shape index (κ2) is 4.27. The number of nitrogens with zero attached hydrogens (tertiary/aromatic N) is 1. The normalized spacial score (nSPS) is 32.7. The highest BCUT2D eigenvalue weighted by atomic mass is 35.5. The molecule has 2 fully saturated rings. The van der Waals surface area contributed by atoms with Crippen LogP contribution in [0.5, 0.6) is 0 Å². The minimum absolute atomic E-state index is 0.125. The lowest BCUT2D eigenvalue weighted by Crippen LogP contribution is -2.37. The van der Waals surface area contributed by atoms with Crippen LogP contribution in [0.3, 0.4) is 0 Å². The van der Waals surface area contributed by atoms with Gasteiger partial charge >= 0.3 is 0 Å². The van der Waals surface area contributed by atoms with Crippen molar-refractivity contribution in [1.29, 1.82) is 0 Å².